The van der Waals surface area contributed by atoms with Crippen molar-refractivity contribution in [2.24, 2.45) is 0 Å². The summed E-state index contributed by atoms with van der Waals surface area (Å²) in [5, 5.41) is 11.9. The highest BCUT2D eigenvalue weighted by Gasteiger charge is 2.19. The summed E-state index contributed by atoms with van der Waals surface area (Å²) in [5.74, 6) is -0.970. The van der Waals surface area contributed by atoms with Crippen LogP contribution < -0.4 is 5.56 Å². The molecule has 0 bridgehead atoms. The number of aryl methyl sites for hydroxylation is 1. The molecule has 0 radical (unpaired) electrons. The van der Waals surface area contributed by atoms with Crippen LogP contribution in [0, 0.1) is 0 Å². The van der Waals surface area contributed by atoms with E-state index in [0.29, 0.717) is 5.69 Å². The van der Waals surface area contributed by atoms with E-state index in [2.05, 4.69) is 5.10 Å². The molecule has 0 amide bonds. The Morgan fingerprint density at radius 3 is 2.56 bits per heavy atom. The van der Waals surface area contributed by atoms with E-state index in [4.69, 9.17) is 5.11 Å². The Morgan fingerprint density at radius 2 is 1.94 bits per heavy atom. The lowest BCUT2D eigenvalue weighted by Crippen LogP contribution is -2.17. The van der Waals surface area contributed by atoms with Gasteiger partial charge in [-0.1, -0.05) is 0 Å². The van der Waals surface area contributed by atoms with E-state index < -0.39 is 5.97 Å². The fourth-order valence-corrected chi connectivity index (χ4v) is 2.36. The van der Waals surface area contributed by atoms with E-state index in [-0.39, 0.29) is 11.1 Å². The van der Waals surface area contributed by atoms with E-state index in [1.165, 1.54) is 16.8 Å². The van der Waals surface area contributed by atoms with Gasteiger partial charge in [0.1, 0.15) is 0 Å². The predicted molar refractivity (Wildman–Crippen MR) is 65.4 cm³/mol. The molecule has 0 aliphatic heterocycles. The van der Waals surface area contributed by atoms with Gasteiger partial charge < -0.3 is 5.11 Å². The van der Waals surface area contributed by atoms with Crippen LogP contribution in [0.4, 0.5) is 0 Å². The average molecular weight is 244 g/mol. The lowest BCUT2D eigenvalue weighted by Gasteiger charge is -2.02. The molecule has 1 aromatic heterocycles. The van der Waals surface area contributed by atoms with Gasteiger partial charge in [0, 0.05) is 11.3 Å². The van der Waals surface area contributed by atoms with Crippen LogP contribution >= 0.6 is 0 Å². The number of rotatable bonds is 2. The van der Waals surface area contributed by atoms with E-state index in [0.717, 1.165) is 30.5 Å². The number of aromatic carboxylic acids is 1. The number of carboxylic acid groups (broad SMARTS) is 1. The Balaban J connectivity index is 2.05. The smallest absolute Gasteiger partial charge is 0.335 e. The van der Waals surface area contributed by atoms with Crippen molar-refractivity contribution < 1.29 is 9.90 Å². The van der Waals surface area contributed by atoms with Gasteiger partial charge in [-0.25, -0.2) is 9.48 Å². The highest BCUT2D eigenvalue weighted by Crippen LogP contribution is 2.18. The summed E-state index contributed by atoms with van der Waals surface area (Å²) in [6, 6.07) is 6.26. The zero-order chi connectivity index (χ0) is 12.7. The molecule has 2 aromatic rings. The number of carboxylic acids is 1. The maximum Gasteiger partial charge on any atom is 0.335 e. The van der Waals surface area contributed by atoms with Crippen molar-refractivity contribution in [3.8, 4) is 5.69 Å². The molecule has 5 heteroatoms. The number of H-pyrrole nitrogens is 1. The number of benzene rings is 1. The summed E-state index contributed by atoms with van der Waals surface area (Å²) in [6.45, 7) is 0. The van der Waals surface area contributed by atoms with Crippen molar-refractivity contribution in [2.45, 2.75) is 19.3 Å². The Morgan fingerprint density at radius 1 is 1.22 bits per heavy atom. The van der Waals surface area contributed by atoms with Crippen LogP contribution in [0.25, 0.3) is 5.69 Å². The molecular formula is C13H12N2O3. The van der Waals surface area contributed by atoms with Crippen LogP contribution in [-0.2, 0) is 12.8 Å². The van der Waals surface area contributed by atoms with E-state index in [1.807, 2.05) is 0 Å². The van der Waals surface area contributed by atoms with Crippen molar-refractivity contribution in [1.82, 2.24) is 9.78 Å². The monoisotopic (exact) mass is 244 g/mol. The molecule has 1 aliphatic rings. The van der Waals surface area contributed by atoms with Gasteiger partial charge in [-0.3, -0.25) is 9.89 Å². The quantitative estimate of drug-likeness (QED) is 0.837. The standard InChI is InChI=1S/C13H12N2O3/c16-12-10-2-1-3-11(10)14-15(12)9-6-4-8(5-7-9)13(17)18/h4-7,14H,1-3H2,(H,17,18). The van der Waals surface area contributed by atoms with Crippen LogP contribution in [-0.4, -0.2) is 20.9 Å². The molecule has 0 unspecified atom stereocenters. The summed E-state index contributed by atoms with van der Waals surface area (Å²) < 4.78 is 1.48. The zero-order valence-electron chi connectivity index (χ0n) is 9.64. The number of hydrogen-bond donors (Lipinski definition) is 2. The number of nitrogens with one attached hydrogen (secondary N) is 1. The third-order valence-electron chi connectivity index (χ3n) is 3.30. The van der Waals surface area contributed by atoms with Crippen molar-refractivity contribution in [2.75, 3.05) is 0 Å². The van der Waals surface area contributed by atoms with Crippen LogP contribution in [0.5, 0.6) is 0 Å². The molecule has 1 aliphatic carbocycles. The largest absolute Gasteiger partial charge is 0.478 e. The molecule has 1 heterocycles. The Labute approximate surface area is 103 Å². The second-order valence-electron chi connectivity index (χ2n) is 4.42. The maximum atomic E-state index is 12.1. The lowest BCUT2D eigenvalue weighted by atomic mass is 10.2. The summed E-state index contributed by atoms with van der Waals surface area (Å²) in [5.41, 5.74) is 2.72. The molecule has 0 atom stereocenters. The maximum absolute atomic E-state index is 12.1. The number of carbonyl (C=O) groups is 1. The SMILES string of the molecule is O=C(O)c1ccc(-n2[nH]c3c(c2=O)CCC3)cc1. The molecule has 5 nitrogen and oxygen atoms in total. The first-order valence-corrected chi connectivity index (χ1v) is 5.83. The Kier molecular flexibility index (Phi) is 2.33. The molecule has 18 heavy (non-hydrogen) atoms. The van der Waals surface area contributed by atoms with Crippen LogP contribution in [0.3, 0.4) is 0 Å². The van der Waals surface area contributed by atoms with E-state index in [9.17, 15) is 9.59 Å². The summed E-state index contributed by atoms with van der Waals surface area (Å²) in [7, 11) is 0. The molecule has 2 N–H and O–H groups in total. The van der Waals surface area contributed by atoms with Gasteiger partial charge >= 0.3 is 5.97 Å². The summed E-state index contributed by atoms with van der Waals surface area (Å²) >= 11 is 0. The Bertz CT molecular complexity index is 665. The van der Waals surface area contributed by atoms with Crippen molar-refractivity contribution in [1.29, 1.82) is 0 Å². The van der Waals surface area contributed by atoms with E-state index >= 15 is 0 Å². The fraction of sp³-hybridized carbons (Fsp3) is 0.231. The van der Waals surface area contributed by atoms with Crippen LogP contribution in [0.15, 0.2) is 29.1 Å². The van der Waals surface area contributed by atoms with Crippen molar-refractivity contribution in [3.63, 3.8) is 0 Å². The third-order valence-corrected chi connectivity index (χ3v) is 3.30. The first-order valence-electron chi connectivity index (χ1n) is 5.83. The molecule has 0 spiro atoms. The summed E-state index contributed by atoms with van der Waals surface area (Å²) in [4.78, 5) is 22.8. The average Bonchev–Trinajstić information content (AvgIpc) is 2.93. The molecule has 0 saturated carbocycles. The highest BCUT2D eigenvalue weighted by atomic mass is 16.4. The molecule has 0 fully saturated rings. The normalized spacial score (nSPS) is 13.6. The minimum Gasteiger partial charge on any atom is -0.478 e. The minimum absolute atomic E-state index is 0.0226. The van der Waals surface area contributed by atoms with Gasteiger partial charge in [0.2, 0.25) is 0 Å². The molecule has 1 aromatic carbocycles. The summed E-state index contributed by atoms with van der Waals surface area (Å²) in [6.07, 6.45) is 2.75. The van der Waals surface area contributed by atoms with Gasteiger partial charge in [0.05, 0.1) is 11.3 Å². The third kappa shape index (κ3) is 1.55. The molecule has 3 rings (SSSR count). The minimum atomic E-state index is -0.970. The number of fused-ring (bicyclic) bond motifs is 1. The van der Waals surface area contributed by atoms with Crippen LogP contribution in [0.1, 0.15) is 28.0 Å². The first kappa shape index (κ1) is 10.8. The van der Waals surface area contributed by atoms with Gasteiger partial charge in [0.15, 0.2) is 0 Å². The number of aromatic nitrogens is 2. The fourth-order valence-electron chi connectivity index (χ4n) is 2.36. The van der Waals surface area contributed by atoms with E-state index in [1.54, 1.807) is 12.1 Å². The van der Waals surface area contributed by atoms with Gasteiger partial charge in [0.25, 0.3) is 5.56 Å². The second-order valence-corrected chi connectivity index (χ2v) is 4.42. The van der Waals surface area contributed by atoms with Crippen LogP contribution in [0.2, 0.25) is 0 Å². The molecule has 92 valence electrons. The predicted octanol–water partition coefficient (Wildman–Crippen LogP) is 1.35. The van der Waals surface area contributed by atoms with Gasteiger partial charge in [-0.15, -0.1) is 0 Å². The molecule has 0 saturated heterocycles. The van der Waals surface area contributed by atoms with Gasteiger partial charge in [-0.2, -0.15) is 0 Å². The lowest BCUT2D eigenvalue weighted by molar-refractivity contribution is 0.0697. The Hall–Kier alpha value is -2.30. The topological polar surface area (TPSA) is 75.1 Å². The number of aromatic amines is 1. The number of nitrogens with zero attached hydrogens (tertiary/aromatic N) is 1. The van der Waals surface area contributed by atoms with Crippen molar-refractivity contribution >= 4 is 5.97 Å². The highest BCUT2D eigenvalue weighted by molar-refractivity contribution is 5.87. The van der Waals surface area contributed by atoms with Crippen molar-refractivity contribution in [3.05, 3.63) is 51.4 Å². The number of hydrogen-bond acceptors (Lipinski definition) is 2. The van der Waals surface area contributed by atoms with Gasteiger partial charge in [-0.05, 0) is 43.5 Å². The zero-order valence-corrected chi connectivity index (χ0v) is 9.64. The molecular weight excluding hydrogens is 232 g/mol. The second kappa shape index (κ2) is 3.87. The first-order chi connectivity index (χ1) is 8.66.